The van der Waals surface area contributed by atoms with Gasteiger partial charge in [0.1, 0.15) is 31.1 Å². The van der Waals surface area contributed by atoms with E-state index in [1.807, 2.05) is 85.7 Å². The molecule has 0 unspecified atom stereocenters. The second-order valence-corrected chi connectivity index (χ2v) is 12.7. The smallest absolute Gasteiger partial charge is 0.345 e. The molecule has 0 saturated carbocycles. The molecule has 4 aliphatic rings. The maximum absolute atomic E-state index is 12.9. The molecule has 5 amide bonds. The van der Waals surface area contributed by atoms with Crippen molar-refractivity contribution in [3.05, 3.63) is 90.1 Å². The molecule has 0 spiro atoms. The number of benzene rings is 2. The van der Waals surface area contributed by atoms with Gasteiger partial charge in [0.2, 0.25) is 5.91 Å². The Morgan fingerprint density at radius 2 is 1.31 bits per heavy atom. The number of aliphatic carboxylic acids is 1. The first-order valence-corrected chi connectivity index (χ1v) is 16.4. The second-order valence-electron chi connectivity index (χ2n) is 12.7. The number of carbonyl (C=O) groups excluding carboxylic acids is 3. The van der Waals surface area contributed by atoms with Gasteiger partial charge in [0.05, 0.1) is 12.1 Å². The molecular formula is C35H41N7O7. The lowest BCUT2D eigenvalue weighted by molar-refractivity contribution is -0.143. The lowest BCUT2D eigenvalue weighted by atomic mass is 10.0. The van der Waals surface area contributed by atoms with Gasteiger partial charge in [-0.15, -0.1) is 0 Å². The van der Waals surface area contributed by atoms with Gasteiger partial charge in [0.25, 0.3) is 0 Å². The van der Waals surface area contributed by atoms with E-state index in [1.54, 1.807) is 17.2 Å². The number of rotatable bonds is 10. The van der Waals surface area contributed by atoms with E-state index in [0.717, 1.165) is 23.4 Å². The Bertz CT molecular complexity index is 1640. The number of carbonyl (C=O) groups is 4. The summed E-state index contributed by atoms with van der Waals surface area (Å²) >= 11 is 0. The molecule has 14 nitrogen and oxygen atoms in total. The summed E-state index contributed by atoms with van der Waals surface area (Å²) in [6, 6.07) is 21.0. The summed E-state index contributed by atoms with van der Waals surface area (Å²) in [5, 5.41) is 14.8. The van der Waals surface area contributed by atoms with E-state index in [1.165, 1.54) is 15.0 Å². The van der Waals surface area contributed by atoms with Crippen LogP contribution in [0.5, 0.6) is 0 Å². The monoisotopic (exact) mass is 671 g/mol. The Hall–Kier alpha value is -5.21. The molecule has 0 aliphatic carbocycles. The Morgan fingerprint density at radius 3 is 1.82 bits per heavy atom. The highest BCUT2D eigenvalue weighted by molar-refractivity contribution is 5.97. The lowest BCUT2D eigenvalue weighted by Gasteiger charge is -2.29. The van der Waals surface area contributed by atoms with E-state index >= 15 is 0 Å². The Balaban J connectivity index is 0.000000182. The third-order valence-electron chi connectivity index (χ3n) is 9.13. The van der Waals surface area contributed by atoms with Crippen molar-refractivity contribution in [2.75, 3.05) is 37.4 Å². The van der Waals surface area contributed by atoms with Crippen molar-refractivity contribution in [2.24, 2.45) is 0 Å². The van der Waals surface area contributed by atoms with Crippen LogP contribution in [-0.4, -0.2) is 105 Å². The largest absolute Gasteiger partial charge is 0.480 e. The van der Waals surface area contributed by atoms with Crippen LogP contribution in [0.1, 0.15) is 36.8 Å². The molecule has 4 aliphatic heterocycles. The third-order valence-corrected chi connectivity index (χ3v) is 9.13. The highest BCUT2D eigenvalue weighted by atomic mass is 16.7. The quantitative estimate of drug-likeness (QED) is 0.327. The zero-order valence-corrected chi connectivity index (χ0v) is 27.6. The Morgan fingerprint density at radius 1 is 0.796 bits per heavy atom. The molecule has 1 aromatic heterocycles. The van der Waals surface area contributed by atoms with Crippen LogP contribution in [0.3, 0.4) is 0 Å². The molecule has 14 heteroatoms. The van der Waals surface area contributed by atoms with Gasteiger partial charge in [-0.2, -0.15) is 10.1 Å². The number of carboxylic acid groups (broad SMARTS) is 1. The number of carboxylic acids is 1. The van der Waals surface area contributed by atoms with Crippen LogP contribution in [0, 0.1) is 0 Å². The number of nitrogens with zero attached hydrogens (tertiary/aromatic N) is 6. The third kappa shape index (κ3) is 7.60. The fourth-order valence-corrected chi connectivity index (χ4v) is 6.53. The second kappa shape index (κ2) is 14.9. The standard InChI is InChI=1S/C21H25N5O3.C14H16N2O4/c1-24(2)19-12-16(10-11-22-19)23-20(27)18-9-8-17-13-25(18)21(28)26(17)29-14-15-6-4-3-5-7-15;17-13(18)12-7-6-11-8-15(12)14(19)16(11)20-9-10-4-2-1-3-5-10/h3-7,10-12,17-18H,8-9,13-14H2,1-2H3,(H,22,23,27);1-5,11-12H,6-9H2,(H,17,18)/t17-,18+;11-,12+/m11/s1. The van der Waals surface area contributed by atoms with Gasteiger partial charge in [-0.05, 0) is 42.9 Å². The molecule has 2 N–H and O–H groups in total. The van der Waals surface area contributed by atoms with Gasteiger partial charge in [0.15, 0.2) is 0 Å². The predicted molar refractivity (Wildman–Crippen MR) is 179 cm³/mol. The first-order chi connectivity index (χ1) is 23.7. The summed E-state index contributed by atoms with van der Waals surface area (Å²) in [6.45, 7) is 1.59. The van der Waals surface area contributed by atoms with Crippen molar-refractivity contribution in [1.82, 2.24) is 24.9 Å². The number of pyridine rings is 1. The Kier molecular flexibility index (Phi) is 10.3. The average Bonchev–Trinajstić information content (AvgIpc) is 3.49. The molecule has 2 aromatic carbocycles. The van der Waals surface area contributed by atoms with Gasteiger partial charge in [-0.25, -0.2) is 19.4 Å². The molecule has 4 atom stereocenters. The first-order valence-electron chi connectivity index (χ1n) is 16.4. The van der Waals surface area contributed by atoms with Gasteiger partial charge in [-0.1, -0.05) is 60.7 Å². The summed E-state index contributed by atoms with van der Waals surface area (Å²) in [5.74, 6) is -0.372. The average molecular weight is 672 g/mol. The van der Waals surface area contributed by atoms with Crippen LogP contribution < -0.4 is 10.2 Å². The number of amides is 5. The number of hydrogen-bond donors (Lipinski definition) is 2. The number of hydrogen-bond acceptors (Lipinski definition) is 8. The topological polar surface area (TPSA) is 148 Å². The molecule has 4 fully saturated rings. The highest BCUT2D eigenvalue weighted by Gasteiger charge is 2.49. The number of anilines is 2. The normalized spacial score (nSPS) is 22.5. The fraction of sp³-hybridized carbons (Fsp3) is 0.400. The number of aromatic nitrogens is 1. The van der Waals surface area contributed by atoms with E-state index in [4.69, 9.17) is 14.8 Å². The van der Waals surface area contributed by atoms with Crippen LogP contribution in [0.2, 0.25) is 0 Å². The van der Waals surface area contributed by atoms with Crippen molar-refractivity contribution in [3.63, 3.8) is 0 Å². The molecule has 7 rings (SSSR count). The minimum Gasteiger partial charge on any atom is -0.480 e. The van der Waals surface area contributed by atoms with Crippen LogP contribution in [-0.2, 0) is 32.5 Å². The van der Waals surface area contributed by atoms with Crippen LogP contribution >= 0.6 is 0 Å². The zero-order valence-electron chi connectivity index (χ0n) is 27.6. The van der Waals surface area contributed by atoms with Gasteiger partial charge < -0.3 is 25.1 Å². The molecule has 49 heavy (non-hydrogen) atoms. The fourth-order valence-electron chi connectivity index (χ4n) is 6.53. The molecule has 4 bridgehead atoms. The number of hydroxylamine groups is 4. The maximum atomic E-state index is 12.9. The van der Waals surface area contributed by atoms with Crippen molar-refractivity contribution in [1.29, 1.82) is 0 Å². The zero-order chi connectivity index (χ0) is 34.5. The lowest BCUT2D eigenvalue weighted by Crippen LogP contribution is -2.47. The van der Waals surface area contributed by atoms with Crippen LogP contribution in [0.15, 0.2) is 79.0 Å². The van der Waals surface area contributed by atoms with E-state index in [0.29, 0.717) is 51.3 Å². The summed E-state index contributed by atoms with van der Waals surface area (Å²) < 4.78 is 0. The number of piperidine rings is 2. The number of nitrogens with one attached hydrogen (secondary N) is 1. The SMILES string of the molecule is CN(C)c1cc(NC(=O)[C@@H]2CC[C@@H]3CN2C(=O)N3OCc2ccccc2)ccn1.O=C(O)[C@@H]1CC[C@@H]2CN1C(=O)N2OCc1ccccc1. The van der Waals surface area contributed by atoms with E-state index < -0.39 is 18.1 Å². The number of fused-ring (bicyclic) bond motifs is 4. The summed E-state index contributed by atoms with van der Waals surface area (Å²) in [5.41, 5.74) is 2.65. The van der Waals surface area contributed by atoms with Gasteiger partial charge in [-0.3, -0.25) is 14.5 Å². The maximum Gasteiger partial charge on any atom is 0.345 e. The van der Waals surface area contributed by atoms with Gasteiger partial charge in [0, 0.05) is 45.1 Å². The highest BCUT2D eigenvalue weighted by Crippen LogP contribution is 2.32. The molecule has 258 valence electrons. The summed E-state index contributed by atoms with van der Waals surface area (Å²) in [4.78, 5) is 69.5. The first kappa shape index (κ1) is 33.7. The molecule has 4 saturated heterocycles. The molecule has 3 aromatic rings. The van der Waals surface area contributed by atoms with Crippen LogP contribution in [0.4, 0.5) is 21.1 Å². The van der Waals surface area contributed by atoms with E-state index in [9.17, 15) is 19.2 Å². The van der Waals surface area contributed by atoms with Crippen LogP contribution in [0.25, 0.3) is 0 Å². The molecular weight excluding hydrogens is 630 g/mol. The van der Waals surface area contributed by atoms with E-state index in [2.05, 4.69) is 10.3 Å². The van der Waals surface area contributed by atoms with Crippen molar-refractivity contribution in [2.45, 2.75) is 63.1 Å². The minimum atomic E-state index is -0.943. The molecule has 5 heterocycles. The van der Waals surface area contributed by atoms with Crippen molar-refractivity contribution >= 4 is 35.4 Å². The Labute approximate surface area is 284 Å². The van der Waals surface area contributed by atoms with Gasteiger partial charge >= 0.3 is 18.0 Å². The summed E-state index contributed by atoms with van der Waals surface area (Å²) in [6.07, 6.45) is 4.14. The van der Waals surface area contributed by atoms with Crippen molar-refractivity contribution in [3.8, 4) is 0 Å². The predicted octanol–water partition coefficient (Wildman–Crippen LogP) is 3.96. The van der Waals surface area contributed by atoms with Crippen molar-refractivity contribution < 1.29 is 34.0 Å². The molecule has 0 radical (unpaired) electrons. The number of urea groups is 2. The minimum absolute atomic E-state index is 0.0171. The summed E-state index contributed by atoms with van der Waals surface area (Å²) in [7, 11) is 3.78. The van der Waals surface area contributed by atoms with E-state index in [-0.39, 0.29) is 30.1 Å².